The Labute approximate surface area is 99.4 Å². The quantitative estimate of drug-likeness (QED) is 0.702. The van der Waals surface area contributed by atoms with Gasteiger partial charge in [-0.2, -0.15) is 0 Å². The zero-order chi connectivity index (χ0) is 11.4. The monoisotopic (exact) mass is 226 g/mol. The highest BCUT2D eigenvalue weighted by Gasteiger charge is 2.21. The van der Waals surface area contributed by atoms with E-state index < -0.39 is 0 Å². The molecule has 2 rings (SSSR count). The molecule has 2 saturated heterocycles. The second kappa shape index (κ2) is 5.96. The van der Waals surface area contributed by atoms with Crippen molar-refractivity contribution in [3.63, 3.8) is 0 Å². The van der Waals surface area contributed by atoms with Crippen molar-refractivity contribution in [3.8, 4) is 0 Å². The Kier molecular flexibility index (Phi) is 4.58. The Morgan fingerprint density at radius 2 is 1.69 bits per heavy atom. The Hall–Kier alpha value is -0.160. The van der Waals surface area contributed by atoms with Crippen molar-refractivity contribution in [2.45, 2.75) is 6.42 Å². The number of hydrogen-bond acceptors (Lipinski definition) is 4. The van der Waals surface area contributed by atoms with Gasteiger partial charge in [0.25, 0.3) is 0 Å². The van der Waals surface area contributed by atoms with Gasteiger partial charge in [0.1, 0.15) is 0 Å². The van der Waals surface area contributed by atoms with Gasteiger partial charge in [-0.15, -0.1) is 0 Å². The maximum atomic E-state index is 5.71. The van der Waals surface area contributed by atoms with Gasteiger partial charge >= 0.3 is 0 Å². The van der Waals surface area contributed by atoms with E-state index in [-0.39, 0.29) is 0 Å². The number of piperazine rings is 1. The fourth-order valence-corrected chi connectivity index (χ4v) is 2.66. The molecule has 1 atom stereocenters. The third-order valence-corrected chi connectivity index (χ3v) is 4.03. The fourth-order valence-electron chi connectivity index (χ4n) is 2.66. The molecule has 0 aromatic heterocycles. The van der Waals surface area contributed by atoms with E-state index in [0.717, 1.165) is 12.5 Å². The standard InChI is InChI=1S/C12H26N4/c1-14-4-6-15(7-5-14)8-9-16-3-2-12(10-13)11-16/h12H,2-11,13H2,1H3. The molecule has 0 radical (unpaired) electrons. The number of likely N-dealkylation sites (tertiary alicyclic amines) is 1. The SMILES string of the molecule is CN1CCN(CCN2CCC(CN)C2)CC1. The minimum Gasteiger partial charge on any atom is -0.330 e. The molecule has 2 fully saturated rings. The van der Waals surface area contributed by atoms with Crippen molar-refractivity contribution in [1.82, 2.24) is 14.7 Å². The second-order valence-electron chi connectivity index (χ2n) is 5.34. The van der Waals surface area contributed by atoms with Crippen LogP contribution in [0.5, 0.6) is 0 Å². The molecule has 0 amide bonds. The highest BCUT2D eigenvalue weighted by molar-refractivity contribution is 4.77. The summed E-state index contributed by atoms with van der Waals surface area (Å²) in [5.74, 6) is 0.757. The third kappa shape index (κ3) is 3.42. The van der Waals surface area contributed by atoms with Gasteiger partial charge in [0.05, 0.1) is 0 Å². The van der Waals surface area contributed by atoms with Crippen LogP contribution < -0.4 is 5.73 Å². The molecule has 1 unspecified atom stereocenters. The van der Waals surface area contributed by atoms with Crippen LogP contribution in [0.2, 0.25) is 0 Å². The minimum absolute atomic E-state index is 0.757. The van der Waals surface area contributed by atoms with Crippen molar-refractivity contribution in [2.75, 3.05) is 66.0 Å². The normalized spacial score (nSPS) is 30.0. The maximum Gasteiger partial charge on any atom is 0.0110 e. The lowest BCUT2D eigenvalue weighted by Crippen LogP contribution is -2.46. The highest BCUT2D eigenvalue weighted by atomic mass is 15.3. The van der Waals surface area contributed by atoms with Crippen LogP contribution in [0, 0.1) is 5.92 Å². The van der Waals surface area contributed by atoms with E-state index in [1.807, 2.05) is 0 Å². The van der Waals surface area contributed by atoms with E-state index in [0.29, 0.717) is 0 Å². The number of rotatable bonds is 4. The average Bonchev–Trinajstić information content (AvgIpc) is 2.76. The first-order valence-electron chi connectivity index (χ1n) is 6.61. The molecule has 4 nitrogen and oxygen atoms in total. The smallest absolute Gasteiger partial charge is 0.0110 e. The molecule has 0 aromatic carbocycles. The van der Waals surface area contributed by atoms with Crippen molar-refractivity contribution in [1.29, 1.82) is 0 Å². The molecule has 2 N–H and O–H groups in total. The van der Waals surface area contributed by atoms with Gasteiger partial charge in [-0.05, 0) is 32.5 Å². The van der Waals surface area contributed by atoms with Gasteiger partial charge < -0.3 is 15.5 Å². The third-order valence-electron chi connectivity index (χ3n) is 4.03. The molecule has 2 aliphatic heterocycles. The molecular weight excluding hydrogens is 200 g/mol. The molecular formula is C12H26N4. The lowest BCUT2D eigenvalue weighted by atomic mass is 10.1. The van der Waals surface area contributed by atoms with E-state index in [2.05, 4.69) is 21.7 Å². The van der Waals surface area contributed by atoms with Crippen LogP contribution in [-0.4, -0.2) is 80.7 Å². The molecule has 0 saturated carbocycles. The average molecular weight is 226 g/mol. The Balaban J connectivity index is 1.61. The summed E-state index contributed by atoms with van der Waals surface area (Å²) in [5, 5.41) is 0. The van der Waals surface area contributed by atoms with E-state index in [4.69, 9.17) is 5.73 Å². The molecule has 0 bridgehead atoms. The van der Waals surface area contributed by atoms with Gasteiger partial charge in [-0.1, -0.05) is 0 Å². The van der Waals surface area contributed by atoms with Crippen LogP contribution in [0.15, 0.2) is 0 Å². The molecule has 0 aromatic rings. The Morgan fingerprint density at radius 1 is 1.00 bits per heavy atom. The predicted octanol–water partition coefficient (Wildman–Crippen LogP) is -0.486. The summed E-state index contributed by atoms with van der Waals surface area (Å²) in [6.07, 6.45) is 1.30. The minimum atomic E-state index is 0.757. The summed E-state index contributed by atoms with van der Waals surface area (Å²) in [5.41, 5.74) is 5.71. The lowest BCUT2D eigenvalue weighted by molar-refractivity contribution is 0.140. The summed E-state index contributed by atoms with van der Waals surface area (Å²) >= 11 is 0. The fraction of sp³-hybridized carbons (Fsp3) is 1.00. The molecule has 16 heavy (non-hydrogen) atoms. The maximum absolute atomic E-state index is 5.71. The van der Waals surface area contributed by atoms with Gasteiger partial charge in [0, 0.05) is 45.8 Å². The zero-order valence-electron chi connectivity index (χ0n) is 10.6. The lowest BCUT2D eigenvalue weighted by Gasteiger charge is -2.33. The van der Waals surface area contributed by atoms with Crippen molar-refractivity contribution < 1.29 is 0 Å². The van der Waals surface area contributed by atoms with E-state index in [9.17, 15) is 0 Å². The van der Waals surface area contributed by atoms with Gasteiger partial charge in [-0.3, -0.25) is 4.90 Å². The van der Waals surface area contributed by atoms with Crippen LogP contribution in [-0.2, 0) is 0 Å². The second-order valence-corrected chi connectivity index (χ2v) is 5.34. The summed E-state index contributed by atoms with van der Waals surface area (Å²) in [6, 6.07) is 0. The topological polar surface area (TPSA) is 35.7 Å². The molecule has 0 aliphatic carbocycles. The van der Waals surface area contributed by atoms with E-state index >= 15 is 0 Å². The molecule has 2 heterocycles. The van der Waals surface area contributed by atoms with Crippen LogP contribution in [0.1, 0.15) is 6.42 Å². The summed E-state index contributed by atoms with van der Waals surface area (Å²) < 4.78 is 0. The number of hydrogen-bond donors (Lipinski definition) is 1. The largest absolute Gasteiger partial charge is 0.330 e. The summed E-state index contributed by atoms with van der Waals surface area (Å²) in [4.78, 5) is 7.59. The predicted molar refractivity (Wildman–Crippen MR) is 67.5 cm³/mol. The first-order chi connectivity index (χ1) is 7.78. The molecule has 94 valence electrons. The van der Waals surface area contributed by atoms with Crippen LogP contribution in [0.4, 0.5) is 0 Å². The van der Waals surface area contributed by atoms with Crippen molar-refractivity contribution in [3.05, 3.63) is 0 Å². The Bertz CT molecular complexity index is 199. The first kappa shape index (κ1) is 12.3. The highest BCUT2D eigenvalue weighted by Crippen LogP contribution is 2.14. The molecule has 0 spiro atoms. The van der Waals surface area contributed by atoms with E-state index in [1.165, 1.54) is 58.8 Å². The number of nitrogens with zero attached hydrogens (tertiary/aromatic N) is 3. The summed E-state index contributed by atoms with van der Waals surface area (Å²) in [6.45, 7) is 10.8. The Morgan fingerprint density at radius 3 is 2.31 bits per heavy atom. The first-order valence-corrected chi connectivity index (χ1v) is 6.61. The summed E-state index contributed by atoms with van der Waals surface area (Å²) in [7, 11) is 2.21. The van der Waals surface area contributed by atoms with Crippen LogP contribution in [0.3, 0.4) is 0 Å². The van der Waals surface area contributed by atoms with Crippen molar-refractivity contribution >= 4 is 0 Å². The van der Waals surface area contributed by atoms with Crippen LogP contribution in [0.25, 0.3) is 0 Å². The number of likely N-dealkylation sites (N-methyl/N-ethyl adjacent to an activating group) is 1. The van der Waals surface area contributed by atoms with Gasteiger partial charge in [-0.25, -0.2) is 0 Å². The van der Waals surface area contributed by atoms with Crippen molar-refractivity contribution in [2.24, 2.45) is 11.7 Å². The number of nitrogens with two attached hydrogens (primary N) is 1. The molecule has 4 heteroatoms. The van der Waals surface area contributed by atoms with Gasteiger partial charge in [0.15, 0.2) is 0 Å². The van der Waals surface area contributed by atoms with Crippen LogP contribution >= 0.6 is 0 Å². The molecule has 2 aliphatic rings. The van der Waals surface area contributed by atoms with Gasteiger partial charge in [0.2, 0.25) is 0 Å². The van der Waals surface area contributed by atoms with E-state index in [1.54, 1.807) is 0 Å². The zero-order valence-corrected chi connectivity index (χ0v) is 10.6.